The Hall–Kier alpha value is -1.51. The van der Waals surface area contributed by atoms with Gasteiger partial charge in [-0.1, -0.05) is 11.6 Å². The van der Waals surface area contributed by atoms with Gasteiger partial charge in [0.15, 0.2) is 5.16 Å². The minimum absolute atomic E-state index is 0.308. The van der Waals surface area contributed by atoms with Crippen molar-refractivity contribution in [1.82, 2.24) is 15.0 Å². The molecule has 0 unspecified atom stereocenters. The van der Waals surface area contributed by atoms with Gasteiger partial charge in [0.1, 0.15) is 10.2 Å². The minimum Gasteiger partial charge on any atom is -0.339 e. The maximum Gasteiger partial charge on any atom is 0.171 e. The molecule has 0 aliphatic rings. The van der Waals surface area contributed by atoms with E-state index in [9.17, 15) is 0 Å². The number of nitrogens with zero attached hydrogens (tertiary/aromatic N) is 3. The summed E-state index contributed by atoms with van der Waals surface area (Å²) in [7, 11) is 0. The highest BCUT2D eigenvalue weighted by molar-refractivity contribution is 7.99. The number of imidazole rings is 1. The number of halogens is 1. The predicted molar refractivity (Wildman–Crippen MR) is 56.7 cm³/mol. The summed E-state index contributed by atoms with van der Waals surface area (Å²) in [5.41, 5.74) is 0.490. The second-order valence-corrected chi connectivity index (χ2v) is 4.02. The van der Waals surface area contributed by atoms with Crippen molar-refractivity contribution in [2.24, 2.45) is 0 Å². The molecule has 0 saturated carbocycles. The molecule has 6 heteroatoms. The van der Waals surface area contributed by atoms with Gasteiger partial charge in [0, 0.05) is 12.4 Å². The Balaban J connectivity index is 2.29. The lowest BCUT2D eigenvalue weighted by atomic mass is 10.3. The Labute approximate surface area is 95.3 Å². The third kappa shape index (κ3) is 2.49. The zero-order chi connectivity index (χ0) is 10.7. The van der Waals surface area contributed by atoms with Crippen LogP contribution in [-0.4, -0.2) is 15.0 Å². The number of hydrogen-bond donors (Lipinski definition) is 1. The van der Waals surface area contributed by atoms with Gasteiger partial charge in [-0.3, -0.25) is 0 Å². The summed E-state index contributed by atoms with van der Waals surface area (Å²) in [6.07, 6.45) is 3.37. The molecule has 2 heterocycles. The molecule has 0 fully saturated rings. The first kappa shape index (κ1) is 10.0. The molecule has 0 saturated heterocycles. The number of aromatic nitrogens is 3. The lowest BCUT2D eigenvalue weighted by molar-refractivity contribution is 1.04. The van der Waals surface area contributed by atoms with E-state index in [4.69, 9.17) is 16.9 Å². The third-order valence-electron chi connectivity index (χ3n) is 1.57. The summed E-state index contributed by atoms with van der Waals surface area (Å²) in [6.45, 7) is 0. The lowest BCUT2D eigenvalue weighted by Gasteiger charge is -1.98. The Kier molecular flexibility index (Phi) is 2.90. The van der Waals surface area contributed by atoms with Crippen LogP contribution in [0.1, 0.15) is 5.56 Å². The molecule has 4 nitrogen and oxygen atoms in total. The largest absolute Gasteiger partial charge is 0.339 e. The van der Waals surface area contributed by atoms with E-state index in [1.807, 2.05) is 6.07 Å². The first-order valence-electron chi connectivity index (χ1n) is 4.03. The van der Waals surface area contributed by atoms with Crippen LogP contribution in [0.5, 0.6) is 0 Å². The van der Waals surface area contributed by atoms with E-state index in [2.05, 4.69) is 15.0 Å². The minimum atomic E-state index is 0.308. The van der Waals surface area contributed by atoms with E-state index in [0.29, 0.717) is 20.9 Å². The average Bonchev–Trinajstić information content (AvgIpc) is 2.69. The highest BCUT2D eigenvalue weighted by atomic mass is 35.5. The highest BCUT2D eigenvalue weighted by Gasteiger charge is 2.04. The van der Waals surface area contributed by atoms with E-state index in [-0.39, 0.29) is 0 Å². The van der Waals surface area contributed by atoms with Gasteiger partial charge in [-0.15, -0.1) is 0 Å². The van der Waals surface area contributed by atoms with Crippen LogP contribution in [0.3, 0.4) is 0 Å². The van der Waals surface area contributed by atoms with Crippen molar-refractivity contribution in [2.75, 3.05) is 0 Å². The number of nitrogens with one attached hydrogen (secondary N) is 1. The molecule has 0 aliphatic heterocycles. The fourth-order valence-corrected chi connectivity index (χ4v) is 2.02. The van der Waals surface area contributed by atoms with Crippen molar-refractivity contribution in [2.45, 2.75) is 10.2 Å². The van der Waals surface area contributed by atoms with Crippen molar-refractivity contribution < 1.29 is 0 Å². The fourth-order valence-electron chi connectivity index (χ4n) is 0.995. The van der Waals surface area contributed by atoms with Crippen molar-refractivity contribution >= 4 is 23.4 Å². The van der Waals surface area contributed by atoms with Gasteiger partial charge in [-0.25, -0.2) is 9.97 Å². The number of H-pyrrole nitrogens is 1. The van der Waals surface area contributed by atoms with Crippen molar-refractivity contribution in [3.8, 4) is 6.07 Å². The molecule has 0 amide bonds. The molecule has 74 valence electrons. The Morgan fingerprint density at radius 1 is 1.47 bits per heavy atom. The van der Waals surface area contributed by atoms with Crippen LogP contribution in [0.25, 0.3) is 0 Å². The lowest BCUT2D eigenvalue weighted by Crippen LogP contribution is -1.85. The Morgan fingerprint density at radius 2 is 2.33 bits per heavy atom. The SMILES string of the molecule is N#Cc1cc(Cl)nc(Sc2ncc[nH]2)c1. The molecule has 15 heavy (non-hydrogen) atoms. The summed E-state index contributed by atoms with van der Waals surface area (Å²) in [6, 6.07) is 5.21. The third-order valence-corrected chi connectivity index (χ3v) is 2.60. The van der Waals surface area contributed by atoms with E-state index >= 15 is 0 Å². The normalized spacial score (nSPS) is 9.87. The monoisotopic (exact) mass is 236 g/mol. The van der Waals surface area contributed by atoms with Gasteiger partial charge in [0.2, 0.25) is 0 Å². The molecule has 2 aromatic rings. The van der Waals surface area contributed by atoms with Crippen LogP contribution in [-0.2, 0) is 0 Å². The molecular formula is C9H5ClN4S. The predicted octanol–water partition coefficient (Wildman–Crippen LogP) is 2.48. The Bertz CT molecular complexity index is 503. The van der Waals surface area contributed by atoms with E-state index in [0.717, 1.165) is 0 Å². The zero-order valence-corrected chi connectivity index (χ0v) is 9.01. The van der Waals surface area contributed by atoms with Crippen LogP contribution in [0.15, 0.2) is 34.7 Å². The van der Waals surface area contributed by atoms with Crippen LogP contribution >= 0.6 is 23.4 Å². The van der Waals surface area contributed by atoms with Gasteiger partial charge in [-0.2, -0.15) is 5.26 Å². The molecule has 0 spiro atoms. The standard InChI is InChI=1S/C9H5ClN4S/c10-7-3-6(5-11)4-8(14-7)15-9-12-1-2-13-9/h1-4H,(H,12,13). The van der Waals surface area contributed by atoms with E-state index < -0.39 is 0 Å². The summed E-state index contributed by atoms with van der Waals surface area (Å²) in [5.74, 6) is 0. The molecule has 0 aliphatic carbocycles. The molecule has 0 atom stereocenters. The first-order valence-corrected chi connectivity index (χ1v) is 5.22. The fraction of sp³-hybridized carbons (Fsp3) is 0. The number of rotatable bonds is 2. The second-order valence-electron chi connectivity index (χ2n) is 2.62. The number of nitriles is 1. The van der Waals surface area contributed by atoms with Crippen molar-refractivity contribution in [3.63, 3.8) is 0 Å². The van der Waals surface area contributed by atoms with Gasteiger partial charge in [0.05, 0.1) is 11.6 Å². The first-order chi connectivity index (χ1) is 7.28. The molecule has 1 N–H and O–H groups in total. The quantitative estimate of drug-likeness (QED) is 0.814. The summed E-state index contributed by atoms with van der Waals surface area (Å²) in [4.78, 5) is 11.0. The number of hydrogen-bond acceptors (Lipinski definition) is 4. The van der Waals surface area contributed by atoms with Crippen LogP contribution in [0, 0.1) is 11.3 Å². The molecule has 2 aromatic heterocycles. The molecule has 0 aromatic carbocycles. The zero-order valence-electron chi connectivity index (χ0n) is 7.44. The summed E-state index contributed by atoms with van der Waals surface area (Å²) in [5, 5.41) is 10.4. The Morgan fingerprint density at radius 3 is 3.00 bits per heavy atom. The summed E-state index contributed by atoms with van der Waals surface area (Å²) >= 11 is 7.09. The van der Waals surface area contributed by atoms with Crippen LogP contribution < -0.4 is 0 Å². The van der Waals surface area contributed by atoms with E-state index in [1.54, 1.807) is 18.5 Å². The molecule has 0 bridgehead atoms. The molecular weight excluding hydrogens is 232 g/mol. The highest BCUT2D eigenvalue weighted by Crippen LogP contribution is 2.24. The van der Waals surface area contributed by atoms with Gasteiger partial charge >= 0.3 is 0 Å². The van der Waals surface area contributed by atoms with Crippen molar-refractivity contribution in [1.29, 1.82) is 5.26 Å². The molecule has 2 rings (SSSR count). The average molecular weight is 237 g/mol. The maximum absolute atomic E-state index is 8.74. The van der Waals surface area contributed by atoms with Crippen molar-refractivity contribution in [3.05, 3.63) is 35.2 Å². The number of aromatic amines is 1. The van der Waals surface area contributed by atoms with Crippen LogP contribution in [0.4, 0.5) is 0 Å². The van der Waals surface area contributed by atoms with Gasteiger partial charge in [-0.05, 0) is 23.9 Å². The van der Waals surface area contributed by atoms with Gasteiger partial charge < -0.3 is 4.98 Å². The summed E-state index contributed by atoms with van der Waals surface area (Å²) < 4.78 is 0. The smallest absolute Gasteiger partial charge is 0.171 e. The topological polar surface area (TPSA) is 65.4 Å². The van der Waals surface area contributed by atoms with Gasteiger partial charge in [0.25, 0.3) is 0 Å². The maximum atomic E-state index is 8.74. The number of pyridine rings is 1. The molecule has 0 radical (unpaired) electrons. The van der Waals surface area contributed by atoms with E-state index in [1.165, 1.54) is 17.8 Å². The second kappa shape index (κ2) is 4.34. The van der Waals surface area contributed by atoms with Crippen LogP contribution in [0.2, 0.25) is 5.15 Å².